The molecule has 0 saturated carbocycles. The van der Waals surface area contributed by atoms with Crippen LogP contribution < -0.4 is 0 Å². The van der Waals surface area contributed by atoms with Crippen molar-refractivity contribution in [1.82, 2.24) is 0 Å². The summed E-state index contributed by atoms with van der Waals surface area (Å²) >= 11 is 0. The predicted octanol–water partition coefficient (Wildman–Crippen LogP) is 35.5. The Hall–Kier alpha value is -16.7. The van der Waals surface area contributed by atoms with Crippen molar-refractivity contribution in [3.63, 3.8) is 0 Å². The standard InChI is InChI=1S/C44H28O.C42H26O.C38H24O/c1-3-13-29(14-4-1)32-25-33(30-15-5-2-6-16-30)27-34(26-32)44-38-20-9-7-18-36(38)43(37-19-8-10-21-39(37)44)31-23-24-42-40(28-31)35-17-11-12-22-41(35)45-42;1-2-12-27(13-3-1)37-26-30(24-28-14-4-5-15-31(28)37)42-35-19-8-6-17-33(35)41(34-18-7-9-20-36(34)42)29-22-23-40-38(25-29)32-16-10-11-21-39(32)43-40;1-2-10-25(11-3-1)26-18-20-27(21-19-26)37-30-13-4-6-15-32(30)38(33-16-7-5-14-31(33)37)28-22-23-36-34(24-28)29-12-8-9-17-35(29)39-36/h1-28H;1-26H;1-24H/i7D,8D,9D,10D,18D,19D,20D,21D;6D,7D,8D,9D,17D,18D,19D,20D;4D,5D,6D,7D,13D,14D,15D,16D. The van der Waals surface area contributed by atoms with Crippen LogP contribution >= 0.6 is 0 Å². The molecule has 0 N–H and O–H groups in total. The van der Waals surface area contributed by atoms with E-state index in [-0.39, 0.29) is 137 Å². The fraction of sp³-hybridized carbons (Fsp3) is 0. The zero-order chi connectivity index (χ0) is 105. The van der Waals surface area contributed by atoms with Gasteiger partial charge in [0.1, 0.15) is 33.5 Å². The monoisotopic (exact) mass is 1640 g/mol. The summed E-state index contributed by atoms with van der Waals surface area (Å²) in [6.45, 7) is 0. The minimum Gasteiger partial charge on any atom is -0.456 e. The van der Waals surface area contributed by atoms with E-state index in [1.54, 1.807) is 36.4 Å². The Balaban J connectivity index is 0.000000121. The van der Waals surface area contributed by atoms with Gasteiger partial charge in [0.05, 0.1) is 32.9 Å². The lowest BCUT2D eigenvalue weighted by atomic mass is 9.84. The molecule has 3 nitrogen and oxygen atoms in total. The van der Waals surface area contributed by atoms with Crippen LogP contribution in [0.1, 0.15) is 32.9 Å². The van der Waals surface area contributed by atoms with E-state index in [4.69, 9.17) is 32.4 Å². The second kappa shape index (κ2) is 31.3. The van der Waals surface area contributed by atoms with Gasteiger partial charge in [0.2, 0.25) is 0 Å². The lowest BCUT2D eigenvalue weighted by Crippen LogP contribution is -1.92. The van der Waals surface area contributed by atoms with Gasteiger partial charge in [-0.05, 0) is 272 Å². The first-order valence-electron chi connectivity index (χ1n) is 53.6. The van der Waals surface area contributed by atoms with Crippen LogP contribution in [0.4, 0.5) is 0 Å². The Morgan fingerprint density at radius 3 is 0.701 bits per heavy atom. The van der Waals surface area contributed by atoms with Gasteiger partial charge in [0, 0.05) is 32.3 Å². The van der Waals surface area contributed by atoms with Crippen molar-refractivity contribution in [2.45, 2.75) is 0 Å². The van der Waals surface area contributed by atoms with Crippen molar-refractivity contribution >= 4 is 141 Å². The summed E-state index contributed by atoms with van der Waals surface area (Å²) in [6.07, 6.45) is 0. The summed E-state index contributed by atoms with van der Waals surface area (Å²) in [4.78, 5) is 0. The lowest BCUT2D eigenvalue weighted by molar-refractivity contribution is 0.668. The highest BCUT2D eigenvalue weighted by atomic mass is 16.3. The number of para-hydroxylation sites is 3. The number of furan rings is 3. The van der Waals surface area contributed by atoms with Crippen LogP contribution in [-0.2, 0) is 0 Å². The van der Waals surface area contributed by atoms with E-state index in [0.29, 0.717) is 100 Å². The Kier molecular flexibility index (Phi) is 13.1. The smallest absolute Gasteiger partial charge is 0.135 e. The molecule has 26 rings (SSSR count). The van der Waals surface area contributed by atoms with Crippen molar-refractivity contribution < 1.29 is 46.1 Å². The first-order valence-corrected chi connectivity index (χ1v) is 41.6. The Morgan fingerprint density at radius 2 is 0.362 bits per heavy atom. The maximum Gasteiger partial charge on any atom is 0.135 e. The van der Waals surface area contributed by atoms with Crippen molar-refractivity contribution in [3.05, 3.63) is 473 Å². The maximum atomic E-state index is 9.42. The van der Waals surface area contributed by atoms with Crippen LogP contribution in [0.2, 0.25) is 0 Å². The van der Waals surface area contributed by atoms with E-state index in [2.05, 4.69) is 6.07 Å². The van der Waals surface area contributed by atoms with Crippen LogP contribution in [-0.4, -0.2) is 0 Å². The molecule has 0 radical (unpaired) electrons. The third-order valence-electron chi connectivity index (χ3n) is 24.1. The SMILES string of the molecule is [2H]c1c([2H])c([2H])c2c(-c3ccc4oc5ccccc5c4c3)c3c([2H])c([2H])c([2H])c([2H])c3c(-c3cc(-c4ccccc4)c4ccccc4c3)c2c1[2H].[2H]c1c([2H])c([2H])c2c(-c3ccc4oc5ccccc5c4c3)c3c([2H])c([2H])c([2H])c([2H])c3c(-c3cc(-c4ccccc4)cc(-c4ccccc4)c3)c2c1[2H].[2H]c1c([2H])c([2H])c2c(-c3ccc4oc5ccccc5c4c3)c3c([2H])c([2H])c([2H])c([2H])c3c(-c3ccc(-c4ccccc4)cc3)c2c1[2H]. The molecule has 127 heavy (non-hydrogen) atoms. The quantitative estimate of drug-likeness (QED) is 0.128. The molecule has 0 saturated heterocycles. The number of fused-ring (bicyclic) bond motifs is 16. The molecular weight excluding hydrogens is 1540 g/mol. The van der Waals surface area contributed by atoms with E-state index in [1.807, 2.05) is 285 Å². The molecule has 3 aromatic heterocycles. The topological polar surface area (TPSA) is 39.4 Å². The van der Waals surface area contributed by atoms with Crippen LogP contribution in [0.15, 0.2) is 486 Å². The molecule has 0 fully saturated rings. The van der Waals surface area contributed by atoms with Gasteiger partial charge in [-0.25, -0.2) is 0 Å². The summed E-state index contributed by atoms with van der Waals surface area (Å²) < 4.78 is 235. The molecule has 592 valence electrons. The van der Waals surface area contributed by atoms with Gasteiger partial charge in [-0.2, -0.15) is 0 Å². The van der Waals surface area contributed by atoms with Crippen LogP contribution in [0.5, 0.6) is 0 Å². The number of hydrogen-bond donors (Lipinski definition) is 0. The second-order valence-corrected chi connectivity index (χ2v) is 31.3. The largest absolute Gasteiger partial charge is 0.456 e. The normalized spacial score (nSPS) is 14.3. The van der Waals surface area contributed by atoms with E-state index in [0.717, 1.165) is 87.6 Å². The van der Waals surface area contributed by atoms with Gasteiger partial charge in [-0.3, -0.25) is 0 Å². The third-order valence-corrected chi connectivity index (χ3v) is 24.1. The van der Waals surface area contributed by atoms with E-state index in [9.17, 15) is 13.7 Å². The highest BCUT2D eigenvalue weighted by Crippen LogP contribution is 2.51. The van der Waals surface area contributed by atoms with Crippen molar-refractivity contribution in [2.24, 2.45) is 0 Å². The fourth-order valence-electron chi connectivity index (χ4n) is 18.4. The number of rotatable bonds is 10. The molecule has 3 heterocycles. The van der Waals surface area contributed by atoms with Gasteiger partial charge in [-0.1, -0.05) is 388 Å². The van der Waals surface area contributed by atoms with Gasteiger partial charge in [0.15, 0.2) is 0 Å². The van der Waals surface area contributed by atoms with Crippen molar-refractivity contribution in [1.29, 1.82) is 0 Å². The summed E-state index contributed by atoms with van der Waals surface area (Å²) in [5.41, 5.74) is 16.4. The molecular formula is C124H78O3. The number of benzene rings is 23. The molecule has 0 aliphatic rings. The molecule has 0 aliphatic heterocycles. The lowest BCUT2D eigenvalue weighted by Gasteiger charge is -2.19. The average molecular weight is 1640 g/mol. The predicted molar refractivity (Wildman–Crippen MR) is 538 cm³/mol. The Bertz CT molecular complexity index is 10100. The highest BCUT2D eigenvalue weighted by molar-refractivity contribution is 6.26. The first-order chi connectivity index (χ1) is 73.0. The molecule has 26 aromatic rings. The van der Waals surface area contributed by atoms with E-state index >= 15 is 0 Å². The minimum absolute atomic E-state index is 0.169. The fourth-order valence-corrected chi connectivity index (χ4v) is 18.4. The first kappa shape index (κ1) is 53.2. The molecule has 0 amide bonds. The van der Waals surface area contributed by atoms with E-state index in [1.165, 1.54) is 0 Å². The van der Waals surface area contributed by atoms with Crippen molar-refractivity contribution in [2.75, 3.05) is 0 Å². The third kappa shape index (κ3) is 13.1. The van der Waals surface area contributed by atoms with Gasteiger partial charge < -0.3 is 13.3 Å². The number of hydrogen-bond acceptors (Lipinski definition) is 3. The maximum absolute atomic E-state index is 9.42. The summed E-state index contributed by atoms with van der Waals surface area (Å²) in [5.74, 6) is 0. The summed E-state index contributed by atoms with van der Waals surface area (Å²) in [6, 6.07) is 94.8. The second-order valence-electron chi connectivity index (χ2n) is 31.3. The van der Waals surface area contributed by atoms with Crippen LogP contribution in [0.25, 0.3) is 252 Å². The molecule has 0 atom stereocenters. The van der Waals surface area contributed by atoms with E-state index < -0.39 is 72.5 Å². The molecule has 0 bridgehead atoms. The van der Waals surface area contributed by atoms with Gasteiger partial charge in [0.25, 0.3) is 0 Å². The molecule has 23 aromatic carbocycles. The molecule has 0 aliphatic carbocycles. The summed E-state index contributed by atoms with van der Waals surface area (Å²) in [7, 11) is 0. The zero-order valence-electron chi connectivity index (χ0n) is 91.4. The van der Waals surface area contributed by atoms with Gasteiger partial charge in [-0.15, -0.1) is 0 Å². The Morgan fingerprint density at radius 1 is 0.134 bits per heavy atom. The summed E-state index contributed by atoms with van der Waals surface area (Å²) in [5, 5.41) is 8.87. The van der Waals surface area contributed by atoms with Crippen molar-refractivity contribution in [3.8, 4) is 111 Å². The molecule has 0 spiro atoms. The van der Waals surface area contributed by atoms with Crippen LogP contribution in [0, 0.1) is 0 Å². The highest BCUT2D eigenvalue weighted by Gasteiger charge is 2.24. The molecule has 0 unspecified atom stereocenters. The van der Waals surface area contributed by atoms with Crippen LogP contribution in [0.3, 0.4) is 0 Å². The van der Waals surface area contributed by atoms with Gasteiger partial charge >= 0.3 is 0 Å². The average Bonchev–Trinajstić information content (AvgIpc) is 1.08. The molecule has 3 heteroatoms. The minimum atomic E-state index is -0.437. The zero-order valence-corrected chi connectivity index (χ0v) is 67.4. The Labute approximate surface area is 767 Å².